The average molecular weight is 343 g/mol. The van der Waals surface area contributed by atoms with Crippen molar-refractivity contribution in [1.29, 1.82) is 0 Å². The zero-order chi connectivity index (χ0) is 15.8. The van der Waals surface area contributed by atoms with Gasteiger partial charge in [0, 0.05) is 31.6 Å². The van der Waals surface area contributed by atoms with Crippen molar-refractivity contribution >= 4 is 29.1 Å². The summed E-state index contributed by atoms with van der Waals surface area (Å²) >= 11 is 11.7. The number of hydrogen-bond donors (Lipinski definition) is 1. The molecule has 0 aliphatic rings. The summed E-state index contributed by atoms with van der Waals surface area (Å²) < 4.78 is 7.17. The lowest BCUT2D eigenvalue weighted by molar-refractivity contribution is -0.121. The number of carbonyl (C=O) groups is 1. The van der Waals surface area contributed by atoms with Gasteiger partial charge in [-0.05, 0) is 18.6 Å². The maximum absolute atomic E-state index is 11.6. The highest BCUT2D eigenvalue weighted by atomic mass is 35.5. The van der Waals surface area contributed by atoms with E-state index in [2.05, 4.69) is 15.4 Å². The lowest BCUT2D eigenvalue weighted by Crippen LogP contribution is -2.28. The summed E-state index contributed by atoms with van der Waals surface area (Å²) in [6.45, 7) is 1.40. The van der Waals surface area contributed by atoms with E-state index >= 15 is 0 Å². The molecule has 0 spiro atoms. The van der Waals surface area contributed by atoms with Gasteiger partial charge in [-0.15, -0.1) is 0 Å². The highest BCUT2D eigenvalue weighted by Crippen LogP contribution is 2.24. The predicted octanol–water partition coefficient (Wildman–Crippen LogP) is 2.56. The van der Waals surface area contributed by atoms with E-state index in [0.717, 1.165) is 13.0 Å². The minimum absolute atomic E-state index is 0.0223. The SMILES string of the molecule is O=C(CCCn1cccn1)NCCOc1ncc(Cl)cc1Cl. The second kappa shape index (κ2) is 8.60. The van der Waals surface area contributed by atoms with Crippen LogP contribution in [-0.2, 0) is 11.3 Å². The van der Waals surface area contributed by atoms with Crippen molar-refractivity contribution in [3.63, 3.8) is 0 Å². The Morgan fingerprint density at radius 2 is 2.27 bits per heavy atom. The molecule has 6 nitrogen and oxygen atoms in total. The first-order valence-electron chi connectivity index (χ1n) is 6.83. The quantitative estimate of drug-likeness (QED) is 0.748. The van der Waals surface area contributed by atoms with Crippen molar-refractivity contribution in [1.82, 2.24) is 20.1 Å². The van der Waals surface area contributed by atoms with E-state index in [0.29, 0.717) is 35.5 Å². The van der Waals surface area contributed by atoms with E-state index in [9.17, 15) is 4.79 Å². The predicted molar refractivity (Wildman–Crippen MR) is 84.2 cm³/mol. The molecule has 22 heavy (non-hydrogen) atoms. The number of carbonyl (C=O) groups excluding carboxylic acids is 1. The second-order valence-electron chi connectivity index (χ2n) is 4.51. The van der Waals surface area contributed by atoms with E-state index in [1.54, 1.807) is 16.9 Å². The molecule has 2 aromatic heterocycles. The Hall–Kier alpha value is -1.79. The number of nitrogens with zero attached hydrogens (tertiary/aromatic N) is 3. The van der Waals surface area contributed by atoms with Crippen LogP contribution in [0.15, 0.2) is 30.7 Å². The van der Waals surface area contributed by atoms with Crippen LogP contribution >= 0.6 is 23.2 Å². The van der Waals surface area contributed by atoms with Gasteiger partial charge in [-0.2, -0.15) is 5.10 Å². The van der Waals surface area contributed by atoms with Gasteiger partial charge in [0.1, 0.15) is 11.6 Å². The molecule has 0 radical (unpaired) electrons. The molecule has 0 saturated carbocycles. The molecular formula is C14H16Cl2N4O2. The zero-order valence-electron chi connectivity index (χ0n) is 11.8. The fraction of sp³-hybridized carbons (Fsp3) is 0.357. The first kappa shape index (κ1) is 16.6. The first-order chi connectivity index (χ1) is 10.6. The Kier molecular flexibility index (Phi) is 6.48. The van der Waals surface area contributed by atoms with Gasteiger partial charge in [0.05, 0.1) is 11.6 Å². The van der Waals surface area contributed by atoms with Crippen molar-refractivity contribution in [2.75, 3.05) is 13.2 Å². The third-order valence-electron chi connectivity index (χ3n) is 2.79. The molecule has 2 heterocycles. The first-order valence-corrected chi connectivity index (χ1v) is 7.59. The van der Waals surface area contributed by atoms with Crippen molar-refractivity contribution in [3.05, 3.63) is 40.8 Å². The minimum atomic E-state index is -0.0223. The lowest BCUT2D eigenvalue weighted by atomic mass is 10.3. The Bertz CT molecular complexity index is 605. The summed E-state index contributed by atoms with van der Waals surface area (Å²) in [5.74, 6) is 0.282. The summed E-state index contributed by atoms with van der Waals surface area (Å²) in [5.41, 5.74) is 0. The number of ether oxygens (including phenoxy) is 1. The Morgan fingerprint density at radius 3 is 3.00 bits per heavy atom. The molecule has 0 saturated heterocycles. The summed E-state index contributed by atoms with van der Waals surface area (Å²) in [7, 11) is 0. The van der Waals surface area contributed by atoms with Gasteiger partial charge in [-0.3, -0.25) is 9.48 Å². The molecule has 0 fully saturated rings. The molecular weight excluding hydrogens is 327 g/mol. The number of nitrogens with one attached hydrogen (secondary N) is 1. The van der Waals surface area contributed by atoms with Crippen molar-refractivity contribution in [2.45, 2.75) is 19.4 Å². The van der Waals surface area contributed by atoms with E-state index in [1.807, 2.05) is 12.3 Å². The van der Waals surface area contributed by atoms with E-state index in [-0.39, 0.29) is 5.91 Å². The maximum Gasteiger partial charge on any atom is 0.232 e. The average Bonchev–Trinajstić information content (AvgIpc) is 2.99. The number of rotatable bonds is 8. The van der Waals surface area contributed by atoms with Crippen molar-refractivity contribution in [2.24, 2.45) is 0 Å². The van der Waals surface area contributed by atoms with Crippen LogP contribution < -0.4 is 10.1 Å². The van der Waals surface area contributed by atoms with Gasteiger partial charge in [-0.1, -0.05) is 23.2 Å². The van der Waals surface area contributed by atoms with Crippen LogP contribution in [-0.4, -0.2) is 33.8 Å². The van der Waals surface area contributed by atoms with Crippen LogP contribution in [0.5, 0.6) is 5.88 Å². The third kappa shape index (κ3) is 5.54. The highest BCUT2D eigenvalue weighted by Gasteiger charge is 2.05. The fourth-order valence-electron chi connectivity index (χ4n) is 1.77. The van der Waals surface area contributed by atoms with Gasteiger partial charge in [0.2, 0.25) is 11.8 Å². The van der Waals surface area contributed by atoms with Gasteiger partial charge in [0.15, 0.2) is 0 Å². The topological polar surface area (TPSA) is 69.0 Å². The molecule has 8 heteroatoms. The van der Waals surface area contributed by atoms with Crippen LogP contribution in [0.25, 0.3) is 0 Å². The molecule has 0 aromatic carbocycles. The van der Waals surface area contributed by atoms with E-state index in [4.69, 9.17) is 27.9 Å². The zero-order valence-corrected chi connectivity index (χ0v) is 13.3. The number of halogens is 2. The normalized spacial score (nSPS) is 10.5. The smallest absolute Gasteiger partial charge is 0.232 e. The summed E-state index contributed by atoms with van der Waals surface area (Å²) in [6.07, 6.45) is 6.22. The maximum atomic E-state index is 11.6. The molecule has 1 N–H and O–H groups in total. The molecule has 1 amide bonds. The molecule has 0 unspecified atom stereocenters. The molecule has 0 bridgehead atoms. The van der Waals surface area contributed by atoms with Gasteiger partial charge >= 0.3 is 0 Å². The van der Waals surface area contributed by atoms with Gasteiger partial charge in [0.25, 0.3) is 0 Å². The Labute approximate surface area is 138 Å². The second-order valence-corrected chi connectivity index (χ2v) is 5.36. The number of amides is 1. The Balaban J connectivity index is 1.58. The van der Waals surface area contributed by atoms with Crippen LogP contribution in [0.2, 0.25) is 10.0 Å². The Morgan fingerprint density at radius 1 is 1.41 bits per heavy atom. The molecule has 118 valence electrons. The molecule has 0 aliphatic carbocycles. The number of hydrogen-bond acceptors (Lipinski definition) is 4. The molecule has 0 atom stereocenters. The summed E-state index contributed by atoms with van der Waals surface area (Å²) in [6, 6.07) is 3.41. The standard InChI is InChI=1S/C14H16Cl2N4O2/c15-11-9-12(16)14(18-10-11)22-8-5-17-13(21)3-1-6-20-7-2-4-19-20/h2,4,7,9-10H,1,3,5-6,8H2,(H,17,21). The van der Waals surface area contributed by atoms with Crippen LogP contribution in [0.4, 0.5) is 0 Å². The van der Waals surface area contributed by atoms with Crippen LogP contribution in [0, 0.1) is 0 Å². The number of aromatic nitrogens is 3. The number of pyridine rings is 1. The summed E-state index contributed by atoms with van der Waals surface area (Å²) in [4.78, 5) is 15.6. The van der Waals surface area contributed by atoms with Crippen molar-refractivity contribution in [3.8, 4) is 5.88 Å². The molecule has 2 aromatic rings. The van der Waals surface area contributed by atoms with Gasteiger partial charge in [-0.25, -0.2) is 4.98 Å². The van der Waals surface area contributed by atoms with E-state index < -0.39 is 0 Å². The van der Waals surface area contributed by atoms with Crippen LogP contribution in [0.1, 0.15) is 12.8 Å². The third-order valence-corrected chi connectivity index (χ3v) is 3.26. The lowest BCUT2D eigenvalue weighted by Gasteiger charge is -2.08. The highest BCUT2D eigenvalue weighted by molar-refractivity contribution is 6.35. The van der Waals surface area contributed by atoms with E-state index in [1.165, 1.54) is 6.20 Å². The fourth-order valence-corrected chi connectivity index (χ4v) is 2.20. The monoisotopic (exact) mass is 342 g/mol. The number of aryl methyl sites for hydroxylation is 1. The minimum Gasteiger partial charge on any atom is -0.475 e. The van der Waals surface area contributed by atoms with Crippen LogP contribution in [0.3, 0.4) is 0 Å². The molecule has 0 aliphatic heterocycles. The summed E-state index contributed by atoms with van der Waals surface area (Å²) in [5, 5.41) is 7.64. The van der Waals surface area contributed by atoms with Crippen molar-refractivity contribution < 1.29 is 9.53 Å². The molecule has 2 rings (SSSR count). The largest absolute Gasteiger partial charge is 0.475 e. The van der Waals surface area contributed by atoms with Gasteiger partial charge < -0.3 is 10.1 Å².